The third-order valence-electron chi connectivity index (χ3n) is 3.45. The van der Waals surface area contributed by atoms with Crippen LogP contribution in [-0.2, 0) is 0 Å². The van der Waals surface area contributed by atoms with Crippen molar-refractivity contribution in [2.24, 2.45) is 0 Å². The van der Waals surface area contributed by atoms with Crippen LogP contribution in [0.3, 0.4) is 0 Å². The van der Waals surface area contributed by atoms with Crippen molar-refractivity contribution in [2.75, 3.05) is 11.9 Å². The first-order valence-electron chi connectivity index (χ1n) is 7.23. The number of nitrogens with one attached hydrogen (secondary N) is 1. The highest BCUT2D eigenvalue weighted by molar-refractivity contribution is 6.05. The Morgan fingerprint density at radius 3 is 2.48 bits per heavy atom. The van der Waals surface area contributed by atoms with Crippen LogP contribution >= 0.6 is 0 Å². The van der Waals surface area contributed by atoms with Gasteiger partial charge in [0.05, 0.1) is 0 Å². The number of anilines is 1. The molecule has 0 atom stereocenters. The van der Waals surface area contributed by atoms with Crippen molar-refractivity contribution < 1.29 is 9.53 Å². The molecule has 0 saturated carbocycles. The Kier molecular flexibility index (Phi) is 4.26. The SMILES string of the molecule is C#CCOc1ccc(C(=O)Nc2ccc3ccccc3c2)cc1. The maximum Gasteiger partial charge on any atom is 0.255 e. The van der Waals surface area contributed by atoms with E-state index < -0.39 is 0 Å². The van der Waals surface area contributed by atoms with E-state index in [2.05, 4.69) is 11.2 Å². The largest absolute Gasteiger partial charge is 0.481 e. The molecule has 0 saturated heterocycles. The van der Waals surface area contributed by atoms with Crippen LogP contribution in [-0.4, -0.2) is 12.5 Å². The smallest absolute Gasteiger partial charge is 0.255 e. The third kappa shape index (κ3) is 3.50. The van der Waals surface area contributed by atoms with Crippen LogP contribution in [0.15, 0.2) is 66.7 Å². The Morgan fingerprint density at radius 1 is 1.00 bits per heavy atom. The number of hydrogen-bond donors (Lipinski definition) is 1. The zero-order valence-electron chi connectivity index (χ0n) is 12.5. The molecule has 23 heavy (non-hydrogen) atoms. The van der Waals surface area contributed by atoms with Crippen molar-refractivity contribution >= 4 is 22.4 Å². The van der Waals surface area contributed by atoms with Gasteiger partial charge in [0.25, 0.3) is 5.91 Å². The fourth-order valence-electron chi connectivity index (χ4n) is 2.30. The molecule has 0 heterocycles. The summed E-state index contributed by atoms with van der Waals surface area (Å²) in [4.78, 5) is 12.3. The lowest BCUT2D eigenvalue weighted by molar-refractivity contribution is 0.102. The molecule has 1 N–H and O–H groups in total. The maximum atomic E-state index is 12.3. The minimum Gasteiger partial charge on any atom is -0.481 e. The number of amides is 1. The molecule has 3 aromatic rings. The summed E-state index contributed by atoms with van der Waals surface area (Å²) in [6, 6.07) is 20.7. The zero-order valence-corrected chi connectivity index (χ0v) is 12.5. The van der Waals surface area contributed by atoms with Crippen LogP contribution in [0.5, 0.6) is 5.75 Å². The molecule has 0 aliphatic rings. The van der Waals surface area contributed by atoms with Crippen LogP contribution in [0.1, 0.15) is 10.4 Å². The van der Waals surface area contributed by atoms with E-state index in [0.717, 1.165) is 16.5 Å². The second kappa shape index (κ2) is 6.67. The summed E-state index contributed by atoms with van der Waals surface area (Å²) >= 11 is 0. The molecule has 0 aliphatic carbocycles. The van der Waals surface area contributed by atoms with E-state index in [-0.39, 0.29) is 12.5 Å². The van der Waals surface area contributed by atoms with Gasteiger partial charge in [0, 0.05) is 11.3 Å². The fourth-order valence-corrected chi connectivity index (χ4v) is 2.30. The molecule has 3 aromatic carbocycles. The van der Waals surface area contributed by atoms with Gasteiger partial charge in [-0.05, 0) is 47.2 Å². The molecule has 0 radical (unpaired) electrons. The average molecular weight is 301 g/mol. The second-order valence-electron chi connectivity index (χ2n) is 5.03. The monoisotopic (exact) mass is 301 g/mol. The van der Waals surface area contributed by atoms with Gasteiger partial charge in [-0.1, -0.05) is 36.3 Å². The van der Waals surface area contributed by atoms with Gasteiger partial charge in [0.1, 0.15) is 12.4 Å². The Hall–Kier alpha value is -3.25. The second-order valence-corrected chi connectivity index (χ2v) is 5.03. The number of ether oxygens (including phenoxy) is 1. The Bertz CT molecular complexity index is 876. The van der Waals surface area contributed by atoms with Gasteiger partial charge in [-0.25, -0.2) is 0 Å². The molecule has 0 fully saturated rings. The molecule has 3 nitrogen and oxygen atoms in total. The Labute approximate surface area is 134 Å². The normalized spacial score (nSPS) is 10.0. The summed E-state index contributed by atoms with van der Waals surface area (Å²) in [5.74, 6) is 2.88. The van der Waals surface area contributed by atoms with Crippen molar-refractivity contribution in [1.29, 1.82) is 0 Å². The molecule has 0 unspecified atom stereocenters. The minimum absolute atomic E-state index is 0.163. The van der Waals surface area contributed by atoms with E-state index in [0.29, 0.717) is 11.3 Å². The first kappa shape index (κ1) is 14.7. The number of carbonyl (C=O) groups excluding carboxylic acids is 1. The quantitative estimate of drug-likeness (QED) is 0.737. The fraction of sp³-hybridized carbons (Fsp3) is 0.0500. The number of terminal acetylenes is 1. The highest BCUT2D eigenvalue weighted by atomic mass is 16.5. The standard InChI is InChI=1S/C20H15NO2/c1-2-13-23-19-11-8-16(9-12-19)20(22)21-18-10-7-15-5-3-4-6-17(15)14-18/h1,3-12,14H,13H2,(H,21,22). The first-order chi connectivity index (χ1) is 11.3. The molecule has 112 valence electrons. The Balaban J connectivity index is 1.73. The predicted molar refractivity (Wildman–Crippen MR) is 92.7 cm³/mol. The highest BCUT2D eigenvalue weighted by Gasteiger charge is 2.06. The van der Waals surface area contributed by atoms with Crippen molar-refractivity contribution in [3.63, 3.8) is 0 Å². The van der Waals surface area contributed by atoms with Crippen LogP contribution < -0.4 is 10.1 Å². The summed E-state index contributed by atoms with van der Waals surface area (Å²) < 4.78 is 5.29. The van der Waals surface area contributed by atoms with Crippen LogP contribution in [0.25, 0.3) is 10.8 Å². The lowest BCUT2D eigenvalue weighted by Crippen LogP contribution is -2.11. The van der Waals surface area contributed by atoms with E-state index in [4.69, 9.17) is 11.2 Å². The minimum atomic E-state index is -0.163. The van der Waals surface area contributed by atoms with Crippen LogP contribution in [0.4, 0.5) is 5.69 Å². The molecule has 0 aliphatic heterocycles. The number of benzene rings is 3. The Morgan fingerprint density at radius 2 is 1.74 bits per heavy atom. The van der Waals surface area contributed by atoms with Gasteiger partial charge in [-0.2, -0.15) is 0 Å². The molecular formula is C20H15NO2. The van der Waals surface area contributed by atoms with E-state index >= 15 is 0 Å². The van der Waals surface area contributed by atoms with Gasteiger partial charge >= 0.3 is 0 Å². The van der Waals surface area contributed by atoms with Crippen molar-refractivity contribution in [3.05, 3.63) is 72.3 Å². The molecule has 1 amide bonds. The molecule has 0 bridgehead atoms. The topological polar surface area (TPSA) is 38.3 Å². The van der Waals surface area contributed by atoms with Gasteiger partial charge in [0.15, 0.2) is 0 Å². The van der Waals surface area contributed by atoms with Crippen molar-refractivity contribution in [3.8, 4) is 18.1 Å². The maximum absolute atomic E-state index is 12.3. The van der Waals surface area contributed by atoms with Crippen LogP contribution in [0, 0.1) is 12.3 Å². The molecule has 3 rings (SSSR count). The lowest BCUT2D eigenvalue weighted by Gasteiger charge is -2.08. The summed E-state index contributed by atoms with van der Waals surface area (Å²) in [6.07, 6.45) is 5.14. The average Bonchev–Trinajstić information content (AvgIpc) is 2.60. The molecule has 0 spiro atoms. The first-order valence-corrected chi connectivity index (χ1v) is 7.23. The van der Waals surface area contributed by atoms with E-state index in [1.54, 1.807) is 24.3 Å². The summed E-state index contributed by atoms with van der Waals surface area (Å²) in [5.41, 5.74) is 1.33. The number of hydrogen-bond acceptors (Lipinski definition) is 2. The number of rotatable bonds is 4. The highest BCUT2D eigenvalue weighted by Crippen LogP contribution is 2.20. The molecular weight excluding hydrogens is 286 g/mol. The summed E-state index contributed by atoms with van der Waals surface area (Å²) in [5, 5.41) is 5.13. The van der Waals surface area contributed by atoms with E-state index in [1.165, 1.54) is 0 Å². The van der Waals surface area contributed by atoms with Crippen molar-refractivity contribution in [1.82, 2.24) is 0 Å². The summed E-state index contributed by atoms with van der Waals surface area (Å²) in [6.45, 7) is 0.211. The molecule has 3 heteroatoms. The van der Waals surface area contributed by atoms with E-state index in [1.807, 2.05) is 42.5 Å². The zero-order chi connectivity index (χ0) is 16.1. The number of fused-ring (bicyclic) bond motifs is 1. The molecule has 0 aromatic heterocycles. The van der Waals surface area contributed by atoms with Gasteiger partial charge in [0.2, 0.25) is 0 Å². The van der Waals surface area contributed by atoms with Gasteiger partial charge < -0.3 is 10.1 Å². The third-order valence-corrected chi connectivity index (χ3v) is 3.45. The number of carbonyl (C=O) groups is 1. The predicted octanol–water partition coefficient (Wildman–Crippen LogP) is 4.10. The van der Waals surface area contributed by atoms with Crippen LogP contribution in [0.2, 0.25) is 0 Å². The summed E-state index contributed by atoms with van der Waals surface area (Å²) in [7, 11) is 0. The van der Waals surface area contributed by atoms with E-state index in [9.17, 15) is 4.79 Å². The van der Waals surface area contributed by atoms with Gasteiger partial charge in [-0.3, -0.25) is 4.79 Å². The lowest BCUT2D eigenvalue weighted by atomic mass is 10.1. The van der Waals surface area contributed by atoms with Gasteiger partial charge in [-0.15, -0.1) is 6.42 Å². The van der Waals surface area contributed by atoms with Crippen molar-refractivity contribution in [2.45, 2.75) is 0 Å².